The van der Waals surface area contributed by atoms with Gasteiger partial charge >= 0.3 is 0 Å². The van der Waals surface area contributed by atoms with Crippen molar-refractivity contribution in [2.75, 3.05) is 13.2 Å². The molecule has 1 aromatic rings. The van der Waals surface area contributed by atoms with Crippen molar-refractivity contribution < 1.29 is 9.84 Å². The van der Waals surface area contributed by atoms with E-state index in [2.05, 4.69) is 0 Å². The van der Waals surface area contributed by atoms with Crippen LogP contribution in [0.4, 0.5) is 0 Å². The molecule has 0 aliphatic rings. The van der Waals surface area contributed by atoms with Crippen molar-refractivity contribution >= 4 is 11.6 Å². The summed E-state index contributed by atoms with van der Waals surface area (Å²) >= 11 is 5.88. The van der Waals surface area contributed by atoms with Gasteiger partial charge in [0.15, 0.2) is 0 Å². The maximum Gasteiger partial charge on any atom is 0.125 e. The van der Waals surface area contributed by atoms with Crippen molar-refractivity contribution in [2.24, 2.45) is 5.73 Å². The minimum atomic E-state index is 0.241. The summed E-state index contributed by atoms with van der Waals surface area (Å²) in [6.45, 7) is 1.32. The highest BCUT2D eigenvalue weighted by molar-refractivity contribution is 6.30. The Morgan fingerprint density at radius 3 is 2.75 bits per heavy atom. The zero-order valence-corrected chi connectivity index (χ0v) is 10.0. The van der Waals surface area contributed by atoms with Gasteiger partial charge in [-0.25, -0.2) is 0 Å². The number of halogens is 1. The average Bonchev–Trinajstić information content (AvgIpc) is 2.29. The van der Waals surface area contributed by atoms with Crippen LogP contribution in [0.5, 0.6) is 5.75 Å². The van der Waals surface area contributed by atoms with E-state index < -0.39 is 0 Å². The number of benzene rings is 1. The van der Waals surface area contributed by atoms with Gasteiger partial charge in [-0.1, -0.05) is 17.7 Å². The standard InChI is InChI=1S/C12H18ClNO2/c13-11-5-4-10(9-14)12(8-11)16-7-3-1-2-6-15/h4-5,8,15H,1-3,6-7,9,14H2. The number of aliphatic hydroxyl groups excluding tert-OH is 1. The van der Waals surface area contributed by atoms with E-state index in [9.17, 15) is 0 Å². The van der Waals surface area contributed by atoms with Crippen LogP contribution in [0, 0.1) is 0 Å². The molecule has 3 N–H and O–H groups in total. The van der Waals surface area contributed by atoms with Crippen LogP contribution in [0.25, 0.3) is 0 Å². The molecule has 0 aliphatic carbocycles. The van der Waals surface area contributed by atoms with Gasteiger partial charge in [0.25, 0.3) is 0 Å². The van der Waals surface area contributed by atoms with Gasteiger partial charge in [-0.05, 0) is 31.4 Å². The van der Waals surface area contributed by atoms with Crippen molar-refractivity contribution in [3.63, 3.8) is 0 Å². The van der Waals surface area contributed by atoms with E-state index in [0.717, 1.165) is 30.6 Å². The second kappa shape index (κ2) is 7.49. The number of ether oxygens (including phenoxy) is 1. The molecule has 0 amide bonds. The fourth-order valence-corrected chi connectivity index (χ4v) is 1.57. The quantitative estimate of drug-likeness (QED) is 0.723. The maximum absolute atomic E-state index is 8.63. The molecule has 0 spiro atoms. The van der Waals surface area contributed by atoms with E-state index in [0.29, 0.717) is 18.2 Å². The van der Waals surface area contributed by atoms with Crippen LogP contribution in [0.1, 0.15) is 24.8 Å². The molecule has 0 saturated heterocycles. The van der Waals surface area contributed by atoms with Crippen LogP contribution in [-0.2, 0) is 6.54 Å². The zero-order chi connectivity index (χ0) is 11.8. The van der Waals surface area contributed by atoms with Crippen molar-refractivity contribution in [3.05, 3.63) is 28.8 Å². The molecule has 0 unspecified atom stereocenters. The highest BCUT2D eigenvalue weighted by Crippen LogP contribution is 2.23. The Morgan fingerprint density at radius 2 is 2.06 bits per heavy atom. The van der Waals surface area contributed by atoms with E-state index in [1.165, 1.54) is 0 Å². The lowest BCUT2D eigenvalue weighted by molar-refractivity contribution is 0.265. The Hall–Kier alpha value is -0.770. The Kier molecular flexibility index (Phi) is 6.23. The summed E-state index contributed by atoms with van der Waals surface area (Å²) in [5.74, 6) is 0.763. The van der Waals surface area contributed by atoms with Gasteiger partial charge in [-0.15, -0.1) is 0 Å². The topological polar surface area (TPSA) is 55.5 Å². The van der Waals surface area contributed by atoms with Crippen molar-refractivity contribution in [2.45, 2.75) is 25.8 Å². The van der Waals surface area contributed by atoms with E-state index in [1.807, 2.05) is 12.1 Å². The first-order valence-corrected chi connectivity index (χ1v) is 5.88. The van der Waals surface area contributed by atoms with Crippen LogP contribution < -0.4 is 10.5 Å². The Bertz CT molecular complexity index is 318. The summed E-state index contributed by atoms with van der Waals surface area (Å²) in [5, 5.41) is 9.28. The number of aliphatic hydroxyl groups is 1. The van der Waals surface area contributed by atoms with E-state index in [4.69, 9.17) is 27.2 Å². The third kappa shape index (κ3) is 4.39. The number of unbranched alkanes of at least 4 members (excludes halogenated alkanes) is 2. The van der Waals surface area contributed by atoms with E-state index >= 15 is 0 Å². The second-order valence-corrected chi connectivity index (χ2v) is 4.03. The second-order valence-electron chi connectivity index (χ2n) is 3.59. The third-order valence-electron chi connectivity index (χ3n) is 2.31. The van der Waals surface area contributed by atoms with Gasteiger partial charge in [0.05, 0.1) is 6.61 Å². The minimum absolute atomic E-state index is 0.241. The number of hydrogen-bond donors (Lipinski definition) is 2. The minimum Gasteiger partial charge on any atom is -0.493 e. The molecule has 0 fully saturated rings. The lowest BCUT2D eigenvalue weighted by atomic mass is 10.2. The molecular formula is C12H18ClNO2. The van der Waals surface area contributed by atoms with E-state index in [-0.39, 0.29) is 6.61 Å². The molecule has 1 rings (SSSR count). The first kappa shape index (κ1) is 13.3. The summed E-state index contributed by atoms with van der Waals surface area (Å²) in [4.78, 5) is 0. The largest absolute Gasteiger partial charge is 0.493 e. The Labute approximate surface area is 101 Å². The van der Waals surface area contributed by atoms with Crippen LogP contribution in [0.15, 0.2) is 18.2 Å². The lowest BCUT2D eigenvalue weighted by Crippen LogP contribution is -2.04. The molecule has 0 heterocycles. The number of rotatable bonds is 7. The Morgan fingerprint density at radius 1 is 1.25 bits per heavy atom. The maximum atomic E-state index is 8.63. The first-order chi connectivity index (χ1) is 7.77. The van der Waals surface area contributed by atoms with Crippen molar-refractivity contribution in [1.29, 1.82) is 0 Å². The molecular weight excluding hydrogens is 226 g/mol. The normalized spacial score (nSPS) is 10.4. The molecule has 0 radical (unpaired) electrons. The fraction of sp³-hybridized carbons (Fsp3) is 0.500. The lowest BCUT2D eigenvalue weighted by Gasteiger charge is -2.10. The summed E-state index contributed by atoms with van der Waals surface area (Å²) in [6.07, 6.45) is 2.72. The molecule has 0 bridgehead atoms. The average molecular weight is 244 g/mol. The SMILES string of the molecule is NCc1ccc(Cl)cc1OCCCCCO. The van der Waals surface area contributed by atoms with Gasteiger partial charge in [0.1, 0.15) is 5.75 Å². The van der Waals surface area contributed by atoms with E-state index in [1.54, 1.807) is 6.07 Å². The van der Waals surface area contributed by atoms with Crippen molar-refractivity contribution in [1.82, 2.24) is 0 Å². The van der Waals surface area contributed by atoms with Gasteiger partial charge in [0, 0.05) is 23.7 Å². The molecule has 0 aliphatic heterocycles. The molecule has 90 valence electrons. The summed E-state index contributed by atoms with van der Waals surface area (Å²) in [7, 11) is 0. The van der Waals surface area contributed by atoms with Crippen LogP contribution in [0.3, 0.4) is 0 Å². The van der Waals surface area contributed by atoms with Crippen LogP contribution in [0.2, 0.25) is 5.02 Å². The molecule has 0 aromatic heterocycles. The molecule has 3 nitrogen and oxygen atoms in total. The van der Waals surface area contributed by atoms with Crippen LogP contribution in [-0.4, -0.2) is 18.3 Å². The van der Waals surface area contributed by atoms with Crippen molar-refractivity contribution in [3.8, 4) is 5.75 Å². The van der Waals surface area contributed by atoms with Gasteiger partial charge in [0.2, 0.25) is 0 Å². The predicted octanol–water partition coefficient (Wildman–Crippen LogP) is 2.34. The molecule has 1 aromatic carbocycles. The third-order valence-corrected chi connectivity index (χ3v) is 2.54. The first-order valence-electron chi connectivity index (χ1n) is 5.50. The van der Waals surface area contributed by atoms with Crippen LogP contribution >= 0.6 is 11.6 Å². The predicted molar refractivity (Wildman–Crippen MR) is 65.8 cm³/mol. The Balaban J connectivity index is 2.42. The molecule has 0 atom stereocenters. The summed E-state index contributed by atoms with van der Waals surface area (Å²) < 4.78 is 5.61. The summed E-state index contributed by atoms with van der Waals surface area (Å²) in [6, 6.07) is 5.48. The molecule has 16 heavy (non-hydrogen) atoms. The summed E-state index contributed by atoms with van der Waals surface area (Å²) in [5.41, 5.74) is 6.56. The van der Waals surface area contributed by atoms with Gasteiger partial charge in [-0.3, -0.25) is 0 Å². The number of nitrogens with two attached hydrogens (primary N) is 1. The monoisotopic (exact) mass is 243 g/mol. The van der Waals surface area contributed by atoms with Gasteiger partial charge in [-0.2, -0.15) is 0 Å². The fourth-order valence-electron chi connectivity index (χ4n) is 1.40. The zero-order valence-electron chi connectivity index (χ0n) is 9.29. The van der Waals surface area contributed by atoms with Gasteiger partial charge < -0.3 is 15.6 Å². The smallest absolute Gasteiger partial charge is 0.125 e. The molecule has 0 saturated carbocycles. The highest BCUT2D eigenvalue weighted by Gasteiger charge is 2.02. The molecule has 4 heteroatoms. The highest BCUT2D eigenvalue weighted by atomic mass is 35.5. The number of hydrogen-bond acceptors (Lipinski definition) is 3.